The van der Waals surface area contributed by atoms with Crippen LogP contribution in [0.1, 0.15) is 42.6 Å². The zero-order valence-corrected chi connectivity index (χ0v) is 21.3. The van der Waals surface area contributed by atoms with Crippen LogP contribution in [0.5, 0.6) is 0 Å². The molecule has 2 N–H and O–H groups in total. The molecule has 0 radical (unpaired) electrons. The molecule has 0 aliphatic carbocycles. The largest absolute Gasteiger partial charge is 0.434 e. The van der Waals surface area contributed by atoms with Crippen molar-refractivity contribution in [3.8, 4) is 0 Å². The van der Waals surface area contributed by atoms with Crippen LogP contribution in [0.25, 0.3) is 0 Å². The second-order valence-corrected chi connectivity index (χ2v) is 7.72. The monoisotopic (exact) mass is 569 g/mol. The molecule has 1 heterocycles. The van der Waals surface area contributed by atoms with E-state index in [0.29, 0.717) is 37.0 Å². The Kier molecular flexibility index (Phi) is 12.4. The average molecular weight is 569 g/mol. The number of nitrogens with one attached hydrogen (secondary N) is 2. The highest BCUT2D eigenvalue weighted by molar-refractivity contribution is 14.0. The highest BCUT2D eigenvalue weighted by Crippen LogP contribution is 2.29. The fraction of sp³-hybridized carbons (Fsp3) is 0.524. The van der Waals surface area contributed by atoms with E-state index in [4.69, 9.17) is 0 Å². The maximum absolute atomic E-state index is 12.6. The van der Waals surface area contributed by atoms with Gasteiger partial charge in [-0.1, -0.05) is 38.1 Å². The molecule has 0 atom stereocenters. The molecule has 10 heteroatoms. The molecule has 0 amide bonds. The molecule has 0 saturated heterocycles. The van der Waals surface area contributed by atoms with Crippen molar-refractivity contribution in [2.45, 2.75) is 46.5 Å². The highest BCUT2D eigenvalue weighted by atomic mass is 127. The molecule has 0 aliphatic heterocycles. The Bertz CT molecular complexity index is 789. The second kappa shape index (κ2) is 13.9. The zero-order valence-electron chi connectivity index (χ0n) is 18.1. The number of thiazole rings is 1. The summed E-state index contributed by atoms with van der Waals surface area (Å²) in [4.78, 5) is 10.6. The Morgan fingerprint density at radius 3 is 2.26 bits per heavy atom. The van der Waals surface area contributed by atoms with Gasteiger partial charge in [-0.25, -0.2) is 9.98 Å². The summed E-state index contributed by atoms with van der Waals surface area (Å²) in [5.74, 6) is 0.636. The minimum atomic E-state index is -4.39. The van der Waals surface area contributed by atoms with Crippen molar-refractivity contribution >= 4 is 41.3 Å². The van der Waals surface area contributed by atoms with E-state index in [0.717, 1.165) is 41.9 Å². The van der Waals surface area contributed by atoms with Crippen molar-refractivity contribution < 1.29 is 13.2 Å². The minimum Gasteiger partial charge on any atom is -0.357 e. The van der Waals surface area contributed by atoms with Gasteiger partial charge in [0.25, 0.3) is 0 Å². The number of hydrogen-bond acceptors (Lipinski definition) is 4. The van der Waals surface area contributed by atoms with Crippen LogP contribution in [0, 0.1) is 0 Å². The van der Waals surface area contributed by atoms with E-state index in [1.807, 2.05) is 6.92 Å². The third kappa shape index (κ3) is 9.73. The first-order valence-corrected chi connectivity index (χ1v) is 11.1. The maximum Gasteiger partial charge on any atom is 0.434 e. The number of benzene rings is 1. The van der Waals surface area contributed by atoms with Crippen LogP contribution in [-0.2, 0) is 25.7 Å². The molecule has 0 bridgehead atoms. The van der Waals surface area contributed by atoms with Crippen molar-refractivity contribution in [2.75, 3.05) is 26.2 Å². The summed E-state index contributed by atoms with van der Waals surface area (Å²) >= 11 is 1.03. The zero-order chi connectivity index (χ0) is 22.0. The Labute approximate surface area is 203 Å². The molecular formula is C21H31F3IN5S. The van der Waals surface area contributed by atoms with Gasteiger partial charge in [0.05, 0.1) is 11.6 Å². The number of aliphatic imine (C=N–C) groups is 1. The Balaban J connectivity index is 0.00000480. The van der Waals surface area contributed by atoms with Gasteiger partial charge in [0, 0.05) is 31.4 Å². The third-order valence-corrected chi connectivity index (χ3v) is 5.47. The second-order valence-electron chi connectivity index (χ2n) is 6.77. The van der Waals surface area contributed by atoms with Gasteiger partial charge in [-0.3, -0.25) is 4.90 Å². The topological polar surface area (TPSA) is 52.6 Å². The number of nitrogens with zero attached hydrogens (tertiary/aromatic N) is 3. The summed E-state index contributed by atoms with van der Waals surface area (Å²) in [5, 5.41) is 7.82. The van der Waals surface area contributed by atoms with Crippen LogP contribution in [0.3, 0.4) is 0 Å². The minimum absolute atomic E-state index is 0. The van der Waals surface area contributed by atoms with Gasteiger partial charge in [0.1, 0.15) is 0 Å². The normalized spacial score (nSPS) is 12.0. The summed E-state index contributed by atoms with van der Waals surface area (Å²) in [5.41, 5.74) is 1.55. The highest BCUT2D eigenvalue weighted by Gasteiger charge is 2.33. The first-order chi connectivity index (χ1) is 14.4. The number of rotatable bonds is 10. The third-order valence-electron chi connectivity index (χ3n) is 4.56. The molecule has 1 aromatic heterocycles. The first-order valence-electron chi connectivity index (χ1n) is 10.2. The standard InChI is InChI=1S/C21H30F3N5S.HI/c1-4-25-20(26-12-11-19-28-18(15-30-19)21(22,23)24)27-13-16-7-9-17(10-8-16)14-29(5-2)6-3;/h7-10,15H,4-6,11-14H2,1-3H3,(H2,25,26,27);1H. The Hall–Kier alpha value is -1.40. The van der Waals surface area contributed by atoms with Gasteiger partial charge in [-0.15, -0.1) is 35.3 Å². The number of aromatic nitrogens is 1. The van der Waals surface area contributed by atoms with Gasteiger partial charge in [0.2, 0.25) is 0 Å². The summed E-state index contributed by atoms with van der Waals surface area (Å²) in [6, 6.07) is 8.43. The molecule has 31 heavy (non-hydrogen) atoms. The molecule has 0 unspecified atom stereocenters. The summed E-state index contributed by atoms with van der Waals surface area (Å²) < 4.78 is 37.9. The van der Waals surface area contributed by atoms with Gasteiger partial charge < -0.3 is 10.6 Å². The predicted molar refractivity (Wildman–Crippen MR) is 132 cm³/mol. The molecule has 2 rings (SSSR count). The van der Waals surface area contributed by atoms with Crippen LogP contribution in [-0.4, -0.2) is 42.0 Å². The fourth-order valence-electron chi connectivity index (χ4n) is 2.81. The number of guanidine groups is 1. The molecule has 1 aromatic carbocycles. The van der Waals surface area contributed by atoms with Crippen molar-refractivity contribution in [1.29, 1.82) is 0 Å². The smallest absolute Gasteiger partial charge is 0.357 e. The van der Waals surface area contributed by atoms with Crippen molar-refractivity contribution in [3.63, 3.8) is 0 Å². The fourth-order valence-corrected chi connectivity index (χ4v) is 3.62. The lowest BCUT2D eigenvalue weighted by molar-refractivity contribution is -0.140. The lowest BCUT2D eigenvalue weighted by Gasteiger charge is -2.18. The lowest BCUT2D eigenvalue weighted by atomic mass is 10.1. The van der Waals surface area contributed by atoms with E-state index >= 15 is 0 Å². The predicted octanol–water partition coefficient (Wildman–Crippen LogP) is 4.92. The molecule has 5 nitrogen and oxygen atoms in total. The molecular weight excluding hydrogens is 538 g/mol. The number of alkyl halides is 3. The van der Waals surface area contributed by atoms with Gasteiger partial charge in [0.15, 0.2) is 11.7 Å². The lowest BCUT2D eigenvalue weighted by Crippen LogP contribution is -2.38. The molecule has 0 saturated carbocycles. The van der Waals surface area contributed by atoms with Crippen LogP contribution in [0.15, 0.2) is 34.6 Å². The van der Waals surface area contributed by atoms with E-state index in [1.165, 1.54) is 5.56 Å². The summed E-state index contributed by atoms with van der Waals surface area (Å²) in [6.07, 6.45) is -3.98. The van der Waals surface area contributed by atoms with E-state index in [9.17, 15) is 13.2 Å². The molecule has 0 aliphatic rings. The van der Waals surface area contributed by atoms with Gasteiger partial charge >= 0.3 is 6.18 Å². The summed E-state index contributed by atoms with van der Waals surface area (Å²) in [7, 11) is 0. The van der Waals surface area contributed by atoms with Crippen molar-refractivity contribution in [1.82, 2.24) is 20.5 Å². The van der Waals surface area contributed by atoms with E-state index < -0.39 is 11.9 Å². The molecule has 0 spiro atoms. The van der Waals surface area contributed by atoms with Crippen LogP contribution >= 0.6 is 35.3 Å². The molecule has 0 fully saturated rings. The van der Waals surface area contributed by atoms with E-state index in [1.54, 1.807) is 0 Å². The molecule has 174 valence electrons. The first kappa shape index (κ1) is 27.6. The SMILES string of the molecule is CCNC(=NCc1ccc(CN(CC)CC)cc1)NCCc1nc(C(F)(F)F)cs1.I. The van der Waals surface area contributed by atoms with Gasteiger partial charge in [-0.2, -0.15) is 13.2 Å². The number of hydrogen-bond donors (Lipinski definition) is 2. The van der Waals surface area contributed by atoms with E-state index in [2.05, 4.69) is 63.6 Å². The Morgan fingerprint density at radius 1 is 1.06 bits per heavy atom. The van der Waals surface area contributed by atoms with Crippen LogP contribution in [0.4, 0.5) is 13.2 Å². The number of halogens is 4. The van der Waals surface area contributed by atoms with Crippen LogP contribution < -0.4 is 10.6 Å². The Morgan fingerprint density at radius 2 is 1.71 bits per heavy atom. The average Bonchev–Trinajstić information content (AvgIpc) is 3.20. The van der Waals surface area contributed by atoms with Gasteiger partial charge in [-0.05, 0) is 31.1 Å². The molecule has 2 aromatic rings. The van der Waals surface area contributed by atoms with Crippen molar-refractivity contribution in [2.24, 2.45) is 4.99 Å². The van der Waals surface area contributed by atoms with E-state index in [-0.39, 0.29) is 24.0 Å². The summed E-state index contributed by atoms with van der Waals surface area (Å²) in [6.45, 7) is 11.0. The van der Waals surface area contributed by atoms with Crippen molar-refractivity contribution in [3.05, 3.63) is 51.5 Å². The van der Waals surface area contributed by atoms with Crippen LogP contribution in [0.2, 0.25) is 0 Å². The maximum atomic E-state index is 12.6. The quantitative estimate of drug-likeness (QED) is 0.243.